The van der Waals surface area contributed by atoms with Crippen LogP contribution in [0.15, 0.2) is 30.5 Å². The summed E-state index contributed by atoms with van der Waals surface area (Å²) in [6, 6.07) is 4.16. The van der Waals surface area contributed by atoms with Crippen LogP contribution in [0.1, 0.15) is 18.9 Å². The number of hydrogen-bond acceptors (Lipinski definition) is 5. The summed E-state index contributed by atoms with van der Waals surface area (Å²) in [6.45, 7) is 1.38. The molecule has 10 heteroatoms. The molecular weight excluding hydrogens is 366 g/mol. The van der Waals surface area contributed by atoms with E-state index in [-0.39, 0.29) is 6.42 Å². The monoisotopic (exact) mass is 389 g/mol. The minimum absolute atomic E-state index is 0.254. The van der Waals surface area contributed by atoms with Gasteiger partial charge in [0.05, 0.1) is 12.5 Å². The van der Waals surface area contributed by atoms with Crippen LogP contribution in [0.2, 0.25) is 0 Å². The first-order valence-corrected chi connectivity index (χ1v) is 8.61. The molecule has 0 aliphatic carbocycles. The molecule has 0 saturated carbocycles. The van der Waals surface area contributed by atoms with E-state index in [1.807, 2.05) is 24.3 Å². The molecular formula is C18H23N5O5. The molecule has 0 aliphatic rings. The Bertz CT molecular complexity index is 893. The Labute approximate surface area is 160 Å². The molecule has 0 bridgehead atoms. The number of nitrogens with one attached hydrogen (secondary N) is 3. The summed E-state index contributed by atoms with van der Waals surface area (Å²) in [5.41, 5.74) is 12.7. The predicted molar refractivity (Wildman–Crippen MR) is 101 cm³/mol. The number of primary amides is 1. The van der Waals surface area contributed by atoms with Gasteiger partial charge in [0, 0.05) is 17.1 Å². The van der Waals surface area contributed by atoms with Crippen molar-refractivity contribution in [2.75, 3.05) is 0 Å². The molecule has 0 fully saturated rings. The molecule has 10 nitrogen and oxygen atoms in total. The number of benzene rings is 1. The van der Waals surface area contributed by atoms with E-state index in [0.717, 1.165) is 16.5 Å². The molecule has 2 rings (SSSR count). The summed E-state index contributed by atoms with van der Waals surface area (Å²) in [6.07, 6.45) is 1.47. The molecule has 1 aromatic carbocycles. The van der Waals surface area contributed by atoms with Crippen LogP contribution in [-0.4, -0.2) is 51.9 Å². The number of hydrogen-bond donors (Lipinski definition) is 6. The average Bonchev–Trinajstić information content (AvgIpc) is 3.03. The second kappa shape index (κ2) is 9.00. The van der Waals surface area contributed by atoms with Gasteiger partial charge in [0.15, 0.2) is 0 Å². The van der Waals surface area contributed by atoms with E-state index in [4.69, 9.17) is 16.6 Å². The molecule has 0 saturated heterocycles. The van der Waals surface area contributed by atoms with Gasteiger partial charge in [-0.3, -0.25) is 14.4 Å². The van der Waals surface area contributed by atoms with Crippen LogP contribution >= 0.6 is 0 Å². The summed E-state index contributed by atoms with van der Waals surface area (Å²) in [7, 11) is 0. The fraction of sp³-hybridized carbons (Fsp3) is 0.333. The first kappa shape index (κ1) is 20.9. The van der Waals surface area contributed by atoms with Crippen molar-refractivity contribution in [2.45, 2.75) is 37.9 Å². The Balaban J connectivity index is 1.94. The second-order valence-electron chi connectivity index (χ2n) is 6.47. The minimum atomic E-state index is -1.47. The molecule has 2 aromatic rings. The highest BCUT2D eigenvalue weighted by molar-refractivity contribution is 5.93. The maximum atomic E-state index is 12.3. The van der Waals surface area contributed by atoms with E-state index in [2.05, 4.69) is 15.6 Å². The fourth-order valence-electron chi connectivity index (χ4n) is 2.71. The molecule has 28 heavy (non-hydrogen) atoms. The van der Waals surface area contributed by atoms with E-state index < -0.39 is 48.2 Å². The number of nitrogens with two attached hydrogens (primary N) is 2. The van der Waals surface area contributed by atoms with Crippen LogP contribution in [0.3, 0.4) is 0 Å². The number of amides is 3. The van der Waals surface area contributed by atoms with Crippen LogP contribution < -0.4 is 22.1 Å². The van der Waals surface area contributed by atoms with Gasteiger partial charge in [0.1, 0.15) is 12.1 Å². The average molecular weight is 389 g/mol. The number of para-hydroxylation sites is 1. The smallest absolute Gasteiger partial charge is 0.326 e. The van der Waals surface area contributed by atoms with E-state index in [9.17, 15) is 19.2 Å². The lowest BCUT2D eigenvalue weighted by molar-refractivity contribution is -0.143. The van der Waals surface area contributed by atoms with E-state index in [1.54, 1.807) is 6.20 Å². The quantitative estimate of drug-likeness (QED) is 0.319. The largest absolute Gasteiger partial charge is 0.480 e. The lowest BCUT2D eigenvalue weighted by atomic mass is 10.0. The zero-order chi connectivity index (χ0) is 20.8. The highest BCUT2D eigenvalue weighted by Gasteiger charge is 2.26. The lowest BCUT2D eigenvalue weighted by Crippen LogP contribution is -2.54. The summed E-state index contributed by atoms with van der Waals surface area (Å²) in [5, 5.41) is 14.6. The number of carboxylic acids is 1. The summed E-state index contributed by atoms with van der Waals surface area (Å²) in [5.74, 6) is -3.59. The van der Waals surface area contributed by atoms with Crippen molar-refractivity contribution in [3.8, 4) is 0 Å². The highest BCUT2D eigenvalue weighted by Crippen LogP contribution is 2.18. The Morgan fingerprint density at radius 3 is 2.46 bits per heavy atom. The molecule has 0 radical (unpaired) electrons. The number of aromatic amines is 1. The van der Waals surface area contributed by atoms with Gasteiger partial charge >= 0.3 is 5.97 Å². The SMILES string of the molecule is C[C@H](NC(=O)[C@@H](N)Cc1c[nH]c2ccccc12)C(=O)N[C@@H](CC(N)=O)C(=O)O. The number of aromatic nitrogens is 1. The van der Waals surface area contributed by atoms with Crippen molar-refractivity contribution in [1.82, 2.24) is 15.6 Å². The third-order valence-electron chi connectivity index (χ3n) is 4.22. The standard InChI is InChI=1S/C18H23N5O5/c1-9(16(25)23-14(18(27)28)7-15(20)24)22-17(26)12(19)6-10-8-21-13-5-3-2-4-11(10)13/h2-5,8-9,12,14,21H,6-7,19H2,1H3,(H2,20,24)(H,22,26)(H,23,25)(H,27,28)/t9-,12-,14-/m0/s1. The van der Waals surface area contributed by atoms with Gasteiger partial charge in [0.2, 0.25) is 17.7 Å². The van der Waals surface area contributed by atoms with Gasteiger partial charge in [0.25, 0.3) is 0 Å². The van der Waals surface area contributed by atoms with Crippen LogP contribution in [-0.2, 0) is 25.6 Å². The molecule has 1 aromatic heterocycles. The normalized spacial score (nSPS) is 14.1. The Morgan fingerprint density at radius 1 is 1.14 bits per heavy atom. The third kappa shape index (κ3) is 5.30. The maximum absolute atomic E-state index is 12.3. The van der Waals surface area contributed by atoms with Crippen molar-refractivity contribution in [1.29, 1.82) is 0 Å². The molecule has 0 spiro atoms. The van der Waals surface area contributed by atoms with Crippen molar-refractivity contribution in [3.63, 3.8) is 0 Å². The number of H-pyrrole nitrogens is 1. The van der Waals surface area contributed by atoms with Crippen LogP contribution in [0.25, 0.3) is 10.9 Å². The first-order valence-electron chi connectivity index (χ1n) is 8.61. The summed E-state index contributed by atoms with van der Waals surface area (Å²) in [4.78, 5) is 49.5. The minimum Gasteiger partial charge on any atom is -0.480 e. The van der Waals surface area contributed by atoms with Gasteiger partial charge < -0.3 is 32.2 Å². The van der Waals surface area contributed by atoms with Crippen molar-refractivity contribution in [3.05, 3.63) is 36.0 Å². The molecule has 1 heterocycles. The zero-order valence-corrected chi connectivity index (χ0v) is 15.3. The van der Waals surface area contributed by atoms with Crippen LogP contribution in [0.4, 0.5) is 0 Å². The molecule has 3 amide bonds. The van der Waals surface area contributed by atoms with Gasteiger partial charge in [-0.1, -0.05) is 18.2 Å². The predicted octanol–water partition coefficient (Wildman–Crippen LogP) is -1.01. The zero-order valence-electron chi connectivity index (χ0n) is 15.3. The van der Waals surface area contributed by atoms with E-state index in [0.29, 0.717) is 0 Å². The first-order chi connectivity index (χ1) is 13.2. The Hall–Kier alpha value is -3.40. The number of carboxylic acid groups (broad SMARTS) is 1. The third-order valence-corrected chi connectivity index (χ3v) is 4.22. The number of fused-ring (bicyclic) bond motifs is 1. The molecule has 0 unspecified atom stereocenters. The van der Waals surface area contributed by atoms with Gasteiger partial charge in [-0.2, -0.15) is 0 Å². The highest BCUT2D eigenvalue weighted by atomic mass is 16.4. The van der Waals surface area contributed by atoms with E-state index >= 15 is 0 Å². The lowest BCUT2D eigenvalue weighted by Gasteiger charge is -2.19. The number of rotatable bonds is 9. The van der Waals surface area contributed by atoms with E-state index in [1.165, 1.54) is 6.92 Å². The van der Waals surface area contributed by atoms with Crippen molar-refractivity contribution < 1.29 is 24.3 Å². The second-order valence-corrected chi connectivity index (χ2v) is 6.47. The van der Waals surface area contributed by atoms with Gasteiger partial charge in [-0.15, -0.1) is 0 Å². The Kier molecular flexibility index (Phi) is 6.72. The summed E-state index contributed by atoms with van der Waals surface area (Å²) < 4.78 is 0. The van der Waals surface area contributed by atoms with Crippen LogP contribution in [0, 0.1) is 0 Å². The Morgan fingerprint density at radius 2 is 1.82 bits per heavy atom. The number of aliphatic carboxylic acids is 1. The van der Waals surface area contributed by atoms with Crippen molar-refractivity contribution >= 4 is 34.6 Å². The topological polar surface area (TPSA) is 180 Å². The fourth-order valence-corrected chi connectivity index (χ4v) is 2.71. The van der Waals surface area contributed by atoms with Crippen molar-refractivity contribution in [2.24, 2.45) is 11.5 Å². The maximum Gasteiger partial charge on any atom is 0.326 e. The number of carbonyl (C=O) groups is 4. The summed E-state index contributed by atoms with van der Waals surface area (Å²) >= 11 is 0. The molecule has 150 valence electrons. The van der Waals surface area contributed by atoms with Gasteiger partial charge in [-0.05, 0) is 25.0 Å². The molecule has 0 aliphatic heterocycles. The molecule has 8 N–H and O–H groups in total. The molecule has 3 atom stereocenters. The van der Waals surface area contributed by atoms with Crippen LogP contribution in [0.5, 0.6) is 0 Å². The number of carbonyl (C=O) groups excluding carboxylic acids is 3. The van der Waals surface area contributed by atoms with Gasteiger partial charge in [-0.25, -0.2) is 4.79 Å².